The number of ether oxygens (including phenoxy) is 1. The van der Waals surface area contributed by atoms with Gasteiger partial charge in [-0.15, -0.1) is 0 Å². The lowest BCUT2D eigenvalue weighted by Gasteiger charge is -2.12. The molecule has 0 bridgehead atoms. The Labute approximate surface area is 132 Å². The first-order valence-electron chi connectivity index (χ1n) is 6.68. The molecular formula is C16H13Cl2NO2. The number of carbonyl (C=O) groups is 1. The van der Waals surface area contributed by atoms with Gasteiger partial charge in [-0.2, -0.15) is 0 Å². The number of fused-ring (bicyclic) bond motifs is 1. The van der Waals surface area contributed by atoms with Gasteiger partial charge >= 0.3 is 0 Å². The Balaban J connectivity index is 1.91. The number of rotatable bonds is 2. The van der Waals surface area contributed by atoms with Gasteiger partial charge in [-0.3, -0.25) is 4.79 Å². The van der Waals surface area contributed by atoms with Crippen LogP contribution in [0.5, 0.6) is 11.5 Å². The van der Waals surface area contributed by atoms with Crippen molar-refractivity contribution in [3.05, 3.63) is 52.0 Å². The second kappa shape index (κ2) is 5.96. The van der Waals surface area contributed by atoms with Gasteiger partial charge in [0.05, 0.1) is 10.0 Å². The van der Waals surface area contributed by atoms with E-state index in [2.05, 4.69) is 5.32 Å². The molecule has 0 atom stereocenters. The van der Waals surface area contributed by atoms with Crippen LogP contribution in [0.1, 0.15) is 18.4 Å². The van der Waals surface area contributed by atoms with E-state index in [-0.39, 0.29) is 5.91 Å². The van der Waals surface area contributed by atoms with Gasteiger partial charge in [-0.05, 0) is 48.7 Å². The second-order valence-electron chi connectivity index (χ2n) is 4.87. The van der Waals surface area contributed by atoms with Crippen LogP contribution in [0, 0.1) is 0 Å². The lowest BCUT2D eigenvalue weighted by molar-refractivity contribution is -0.116. The number of hydrogen-bond acceptors (Lipinski definition) is 2. The van der Waals surface area contributed by atoms with Crippen molar-refractivity contribution in [2.45, 2.75) is 19.3 Å². The first-order chi connectivity index (χ1) is 10.1. The van der Waals surface area contributed by atoms with Crippen LogP contribution in [-0.4, -0.2) is 5.91 Å². The highest BCUT2D eigenvalue weighted by Crippen LogP contribution is 2.37. The van der Waals surface area contributed by atoms with Gasteiger partial charge in [-0.25, -0.2) is 0 Å². The summed E-state index contributed by atoms with van der Waals surface area (Å²) in [7, 11) is 0. The monoisotopic (exact) mass is 321 g/mol. The minimum atomic E-state index is 0.0524. The molecule has 5 heteroatoms. The van der Waals surface area contributed by atoms with Crippen molar-refractivity contribution in [1.82, 2.24) is 0 Å². The van der Waals surface area contributed by atoms with E-state index in [4.69, 9.17) is 27.9 Å². The van der Waals surface area contributed by atoms with Gasteiger partial charge in [0.25, 0.3) is 0 Å². The molecule has 3 rings (SSSR count). The summed E-state index contributed by atoms with van der Waals surface area (Å²) in [5.74, 6) is 1.15. The Kier molecular flexibility index (Phi) is 4.04. The minimum Gasteiger partial charge on any atom is -0.454 e. The lowest BCUT2D eigenvalue weighted by Crippen LogP contribution is -2.09. The van der Waals surface area contributed by atoms with Crippen LogP contribution in [0.3, 0.4) is 0 Å². The van der Waals surface area contributed by atoms with Crippen LogP contribution < -0.4 is 10.1 Å². The summed E-state index contributed by atoms with van der Waals surface area (Å²) in [6.45, 7) is 0. The Morgan fingerprint density at radius 3 is 2.57 bits per heavy atom. The molecule has 0 spiro atoms. The normalized spacial score (nSPS) is 14.1. The molecule has 2 aromatic rings. The SMILES string of the molecule is O=C1CCCc2cc(Oc3c(Cl)cccc3Cl)ccc2N1. The Bertz CT molecular complexity index is 680. The highest BCUT2D eigenvalue weighted by atomic mass is 35.5. The molecule has 0 radical (unpaired) electrons. The first-order valence-corrected chi connectivity index (χ1v) is 7.44. The van der Waals surface area contributed by atoms with Crippen molar-refractivity contribution >= 4 is 34.8 Å². The third kappa shape index (κ3) is 3.14. The smallest absolute Gasteiger partial charge is 0.224 e. The summed E-state index contributed by atoms with van der Waals surface area (Å²) in [4.78, 5) is 11.5. The average Bonchev–Trinajstić information content (AvgIpc) is 2.63. The summed E-state index contributed by atoms with van der Waals surface area (Å²) in [5, 5.41) is 3.82. The molecule has 0 unspecified atom stereocenters. The highest BCUT2D eigenvalue weighted by Gasteiger charge is 2.14. The van der Waals surface area contributed by atoms with Crippen molar-refractivity contribution < 1.29 is 9.53 Å². The number of nitrogens with one attached hydrogen (secondary N) is 1. The van der Waals surface area contributed by atoms with E-state index in [1.54, 1.807) is 24.3 Å². The fourth-order valence-corrected chi connectivity index (χ4v) is 2.79. The van der Waals surface area contributed by atoms with E-state index in [1.807, 2.05) is 12.1 Å². The summed E-state index contributed by atoms with van der Waals surface area (Å²) in [6, 6.07) is 10.8. The Hall–Kier alpha value is -1.71. The molecule has 1 aliphatic heterocycles. The van der Waals surface area contributed by atoms with E-state index in [1.165, 1.54) is 0 Å². The number of anilines is 1. The number of carbonyl (C=O) groups excluding carboxylic acids is 1. The quantitative estimate of drug-likeness (QED) is 0.839. The molecule has 1 aliphatic rings. The van der Waals surface area contributed by atoms with Gasteiger partial charge in [0.1, 0.15) is 5.75 Å². The highest BCUT2D eigenvalue weighted by molar-refractivity contribution is 6.37. The molecule has 0 aromatic heterocycles. The second-order valence-corrected chi connectivity index (χ2v) is 5.69. The minimum absolute atomic E-state index is 0.0524. The van der Waals surface area contributed by atoms with E-state index >= 15 is 0 Å². The number of hydrogen-bond donors (Lipinski definition) is 1. The molecule has 3 nitrogen and oxygen atoms in total. The topological polar surface area (TPSA) is 38.3 Å². The molecule has 108 valence electrons. The number of halogens is 2. The molecule has 1 amide bonds. The van der Waals surface area contributed by atoms with Gasteiger partial charge in [0.15, 0.2) is 5.75 Å². The molecular weight excluding hydrogens is 309 g/mol. The standard InChI is InChI=1S/C16H13Cl2NO2/c17-12-4-2-5-13(18)16(12)21-11-7-8-14-10(9-11)3-1-6-15(20)19-14/h2,4-5,7-9H,1,3,6H2,(H,19,20). The largest absolute Gasteiger partial charge is 0.454 e. The average molecular weight is 322 g/mol. The van der Waals surface area contributed by atoms with Crippen LogP contribution in [0.4, 0.5) is 5.69 Å². The zero-order chi connectivity index (χ0) is 14.8. The zero-order valence-corrected chi connectivity index (χ0v) is 12.7. The molecule has 0 saturated carbocycles. The van der Waals surface area contributed by atoms with E-state index in [0.717, 1.165) is 24.1 Å². The maximum Gasteiger partial charge on any atom is 0.224 e. The van der Waals surface area contributed by atoms with Crippen molar-refractivity contribution in [2.24, 2.45) is 0 Å². The van der Waals surface area contributed by atoms with Crippen LogP contribution >= 0.6 is 23.2 Å². The molecule has 1 heterocycles. The Morgan fingerprint density at radius 1 is 1.05 bits per heavy atom. The molecule has 0 saturated heterocycles. The van der Waals surface area contributed by atoms with Gasteiger partial charge in [0.2, 0.25) is 5.91 Å². The van der Waals surface area contributed by atoms with Crippen molar-refractivity contribution in [3.8, 4) is 11.5 Å². The van der Waals surface area contributed by atoms with Crippen LogP contribution in [-0.2, 0) is 11.2 Å². The lowest BCUT2D eigenvalue weighted by atomic mass is 10.1. The fraction of sp³-hybridized carbons (Fsp3) is 0.188. The van der Waals surface area contributed by atoms with Gasteiger partial charge in [0, 0.05) is 12.1 Å². The maximum atomic E-state index is 11.5. The van der Waals surface area contributed by atoms with Crippen molar-refractivity contribution in [3.63, 3.8) is 0 Å². The third-order valence-electron chi connectivity index (χ3n) is 3.34. The van der Waals surface area contributed by atoms with Crippen LogP contribution in [0.25, 0.3) is 0 Å². The van der Waals surface area contributed by atoms with Crippen LogP contribution in [0.2, 0.25) is 10.0 Å². The number of aryl methyl sites for hydroxylation is 1. The molecule has 1 N–H and O–H groups in total. The number of para-hydroxylation sites is 1. The summed E-state index contributed by atoms with van der Waals surface area (Å²) < 4.78 is 5.80. The third-order valence-corrected chi connectivity index (χ3v) is 3.93. The first kappa shape index (κ1) is 14.2. The van der Waals surface area contributed by atoms with Gasteiger partial charge < -0.3 is 10.1 Å². The molecule has 0 aliphatic carbocycles. The molecule has 0 fully saturated rings. The summed E-state index contributed by atoms with van der Waals surface area (Å²) in [5.41, 5.74) is 1.90. The van der Waals surface area contributed by atoms with E-state index in [0.29, 0.717) is 28.0 Å². The number of amides is 1. The maximum absolute atomic E-state index is 11.5. The van der Waals surface area contributed by atoms with E-state index < -0.39 is 0 Å². The Morgan fingerprint density at radius 2 is 1.81 bits per heavy atom. The van der Waals surface area contributed by atoms with Crippen molar-refractivity contribution in [2.75, 3.05) is 5.32 Å². The fourth-order valence-electron chi connectivity index (χ4n) is 2.31. The number of benzene rings is 2. The van der Waals surface area contributed by atoms with Gasteiger partial charge in [-0.1, -0.05) is 29.3 Å². The summed E-state index contributed by atoms with van der Waals surface area (Å²) in [6.07, 6.45) is 2.21. The molecule has 2 aromatic carbocycles. The van der Waals surface area contributed by atoms with E-state index in [9.17, 15) is 4.79 Å². The van der Waals surface area contributed by atoms with Crippen molar-refractivity contribution in [1.29, 1.82) is 0 Å². The molecule has 21 heavy (non-hydrogen) atoms. The predicted molar refractivity (Wildman–Crippen MR) is 84.5 cm³/mol. The van der Waals surface area contributed by atoms with Crippen LogP contribution in [0.15, 0.2) is 36.4 Å². The zero-order valence-electron chi connectivity index (χ0n) is 11.2. The predicted octanol–water partition coefficient (Wildman–Crippen LogP) is 5.06. The summed E-state index contributed by atoms with van der Waals surface area (Å²) >= 11 is 12.2.